The molecule has 31 heavy (non-hydrogen) atoms. The molecular formula is C20H32O11. The Labute approximate surface area is 181 Å². The Morgan fingerprint density at radius 3 is 1.90 bits per heavy atom. The Morgan fingerprint density at radius 2 is 1.39 bits per heavy atom. The third-order valence-electron chi connectivity index (χ3n) is 4.25. The summed E-state index contributed by atoms with van der Waals surface area (Å²) >= 11 is 0. The van der Waals surface area contributed by atoms with Crippen molar-refractivity contribution in [2.24, 2.45) is 0 Å². The number of ether oxygens (including phenoxy) is 6. The zero-order chi connectivity index (χ0) is 23.6. The van der Waals surface area contributed by atoms with Crippen LogP contribution in [0.25, 0.3) is 0 Å². The summed E-state index contributed by atoms with van der Waals surface area (Å²) in [6.45, 7) is 6.24. The highest BCUT2D eigenvalue weighted by molar-refractivity contribution is 5.68. The predicted octanol–water partition coefficient (Wildman–Crippen LogP) is 0.637. The number of rotatable bonds is 11. The Balaban J connectivity index is 3.10. The third kappa shape index (κ3) is 10.1. The highest BCUT2D eigenvalue weighted by atomic mass is 16.7. The molecule has 6 atom stereocenters. The molecule has 0 aliphatic carbocycles. The topological polar surface area (TPSA) is 144 Å². The molecule has 0 aromatic heterocycles. The normalized spacial score (nSPS) is 26.5. The predicted molar refractivity (Wildman–Crippen MR) is 103 cm³/mol. The number of aliphatic hydroxyl groups excluding tert-OH is 1. The van der Waals surface area contributed by atoms with E-state index in [1.165, 1.54) is 6.92 Å². The van der Waals surface area contributed by atoms with E-state index in [0.717, 1.165) is 20.8 Å². The number of esters is 4. The maximum absolute atomic E-state index is 11.7. The van der Waals surface area contributed by atoms with Gasteiger partial charge in [0.25, 0.3) is 0 Å². The van der Waals surface area contributed by atoms with Crippen molar-refractivity contribution >= 4 is 23.9 Å². The van der Waals surface area contributed by atoms with E-state index in [9.17, 15) is 24.3 Å². The molecule has 1 heterocycles. The Morgan fingerprint density at radius 1 is 0.839 bits per heavy atom. The molecule has 1 N–H and O–H groups in total. The van der Waals surface area contributed by atoms with Gasteiger partial charge in [0.05, 0.1) is 6.10 Å². The number of carbonyl (C=O) groups is 4. The van der Waals surface area contributed by atoms with Crippen LogP contribution < -0.4 is 0 Å². The first-order valence-corrected chi connectivity index (χ1v) is 10.1. The SMILES string of the molecule is CC(=O)OC[C@H]1O[C@@H](OCCCCC(C)O)[C@H](OC(C)=O)[C@@H](OC(C)=O)[C@@H]1OC(C)=O. The second-order valence-electron chi connectivity index (χ2n) is 7.28. The van der Waals surface area contributed by atoms with Gasteiger partial charge in [-0.15, -0.1) is 0 Å². The van der Waals surface area contributed by atoms with E-state index in [4.69, 9.17) is 28.4 Å². The molecule has 1 aliphatic heterocycles. The van der Waals surface area contributed by atoms with Gasteiger partial charge in [-0.1, -0.05) is 0 Å². The van der Waals surface area contributed by atoms with Crippen LogP contribution in [0, 0.1) is 0 Å². The van der Waals surface area contributed by atoms with Crippen LogP contribution in [0.2, 0.25) is 0 Å². The molecule has 11 heteroatoms. The monoisotopic (exact) mass is 448 g/mol. The molecule has 11 nitrogen and oxygen atoms in total. The van der Waals surface area contributed by atoms with Crippen LogP contribution in [0.1, 0.15) is 53.9 Å². The molecule has 1 saturated heterocycles. The van der Waals surface area contributed by atoms with Gasteiger partial charge >= 0.3 is 23.9 Å². The second-order valence-corrected chi connectivity index (χ2v) is 7.28. The summed E-state index contributed by atoms with van der Waals surface area (Å²) in [5, 5.41) is 9.35. The number of unbranched alkanes of at least 4 members (excludes halogenated alkanes) is 1. The highest BCUT2D eigenvalue weighted by Crippen LogP contribution is 2.30. The molecular weight excluding hydrogens is 416 g/mol. The van der Waals surface area contributed by atoms with E-state index < -0.39 is 60.7 Å². The molecule has 1 unspecified atom stereocenters. The average molecular weight is 448 g/mol. The van der Waals surface area contributed by atoms with Crippen LogP contribution in [0.4, 0.5) is 0 Å². The van der Waals surface area contributed by atoms with E-state index in [-0.39, 0.29) is 13.2 Å². The summed E-state index contributed by atoms with van der Waals surface area (Å²) in [7, 11) is 0. The fraction of sp³-hybridized carbons (Fsp3) is 0.800. The van der Waals surface area contributed by atoms with Crippen LogP contribution in [0.3, 0.4) is 0 Å². The van der Waals surface area contributed by atoms with E-state index in [2.05, 4.69) is 0 Å². The van der Waals surface area contributed by atoms with Gasteiger partial charge in [-0.05, 0) is 26.2 Å². The molecule has 0 bridgehead atoms. The number of hydrogen-bond donors (Lipinski definition) is 1. The van der Waals surface area contributed by atoms with Crippen molar-refractivity contribution in [2.45, 2.75) is 90.7 Å². The van der Waals surface area contributed by atoms with E-state index >= 15 is 0 Å². The fourth-order valence-corrected chi connectivity index (χ4v) is 3.06. The second kappa shape index (κ2) is 13.2. The maximum atomic E-state index is 11.7. The minimum atomic E-state index is -1.25. The summed E-state index contributed by atoms with van der Waals surface area (Å²) in [5.41, 5.74) is 0. The lowest BCUT2D eigenvalue weighted by Crippen LogP contribution is -2.63. The first-order valence-electron chi connectivity index (χ1n) is 10.1. The Bertz CT molecular complexity index is 618. The first kappa shape index (κ1) is 26.8. The van der Waals surface area contributed by atoms with Crippen molar-refractivity contribution in [3.63, 3.8) is 0 Å². The smallest absolute Gasteiger partial charge is 0.303 e. The summed E-state index contributed by atoms with van der Waals surface area (Å²) in [4.78, 5) is 46.3. The van der Waals surface area contributed by atoms with E-state index in [0.29, 0.717) is 19.3 Å². The molecule has 0 amide bonds. The molecule has 0 aromatic carbocycles. The lowest BCUT2D eigenvalue weighted by atomic mass is 9.98. The lowest BCUT2D eigenvalue weighted by molar-refractivity contribution is -0.308. The summed E-state index contributed by atoms with van der Waals surface area (Å²) in [6.07, 6.45) is -4.48. The van der Waals surface area contributed by atoms with Crippen molar-refractivity contribution in [3.8, 4) is 0 Å². The fourth-order valence-electron chi connectivity index (χ4n) is 3.06. The first-order chi connectivity index (χ1) is 14.5. The Kier molecular flexibility index (Phi) is 11.4. The quantitative estimate of drug-likeness (QED) is 0.270. The zero-order valence-electron chi connectivity index (χ0n) is 18.5. The van der Waals surface area contributed by atoms with Crippen LogP contribution in [0.5, 0.6) is 0 Å². The zero-order valence-corrected chi connectivity index (χ0v) is 18.5. The average Bonchev–Trinajstić information content (AvgIpc) is 2.62. The van der Waals surface area contributed by atoms with Crippen molar-refractivity contribution in [1.29, 1.82) is 0 Å². The van der Waals surface area contributed by atoms with Gasteiger partial charge in [0.15, 0.2) is 24.6 Å². The molecule has 0 aromatic rings. The molecule has 178 valence electrons. The van der Waals surface area contributed by atoms with E-state index in [1.54, 1.807) is 6.92 Å². The van der Waals surface area contributed by atoms with Crippen LogP contribution in [-0.2, 0) is 47.6 Å². The van der Waals surface area contributed by atoms with Crippen LogP contribution >= 0.6 is 0 Å². The van der Waals surface area contributed by atoms with Gasteiger partial charge in [0, 0.05) is 34.3 Å². The van der Waals surface area contributed by atoms with Gasteiger partial charge in [-0.2, -0.15) is 0 Å². The van der Waals surface area contributed by atoms with Gasteiger partial charge in [0.2, 0.25) is 0 Å². The third-order valence-corrected chi connectivity index (χ3v) is 4.25. The van der Waals surface area contributed by atoms with Gasteiger partial charge < -0.3 is 33.5 Å². The highest BCUT2D eigenvalue weighted by Gasteiger charge is 2.52. The minimum Gasteiger partial charge on any atom is -0.463 e. The largest absolute Gasteiger partial charge is 0.463 e. The number of aliphatic hydroxyl groups is 1. The molecule has 1 aliphatic rings. The number of carbonyl (C=O) groups excluding carboxylic acids is 4. The van der Waals surface area contributed by atoms with Gasteiger partial charge in [-0.25, -0.2) is 0 Å². The van der Waals surface area contributed by atoms with Gasteiger partial charge in [-0.3, -0.25) is 19.2 Å². The lowest BCUT2D eigenvalue weighted by Gasteiger charge is -2.44. The minimum absolute atomic E-state index is 0.195. The molecule has 1 rings (SSSR count). The molecule has 0 radical (unpaired) electrons. The maximum Gasteiger partial charge on any atom is 0.303 e. The van der Waals surface area contributed by atoms with Crippen molar-refractivity contribution in [2.75, 3.05) is 13.2 Å². The van der Waals surface area contributed by atoms with Gasteiger partial charge in [0.1, 0.15) is 12.7 Å². The standard InChI is InChI=1S/C20H32O11/c1-11(21)8-6-7-9-26-20-19(30-15(5)25)18(29-14(4)24)17(28-13(3)23)16(31-20)10-27-12(2)22/h11,16-21H,6-10H2,1-5H3/t11?,16-,17-,18+,19-,20-/m1/s1. The molecule has 0 spiro atoms. The van der Waals surface area contributed by atoms with Crippen LogP contribution in [-0.4, -0.2) is 79.0 Å². The number of hydrogen-bond acceptors (Lipinski definition) is 11. The van der Waals surface area contributed by atoms with Crippen molar-refractivity contribution < 1.29 is 52.7 Å². The summed E-state index contributed by atoms with van der Waals surface area (Å²) in [5.74, 6) is -2.68. The van der Waals surface area contributed by atoms with Crippen molar-refractivity contribution in [1.82, 2.24) is 0 Å². The van der Waals surface area contributed by atoms with E-state index in [1.807, 2.05) is 0 Å². The summed E-state index contributed by atoms with van der Waals surface area (Å²) in [6, 6.07) is 0. The summed E-state index contributed by atoms with van der Waals surface area (Å²) < 4.78 is 32.4. The Hall–Kier alpha value is -2.24. The molecule has 0 saturated carbocycles. The molecule has 1 fully saturated rings. The van der Waals surface area contributed by atoms with Crippen LogP contribution in [0.15, 0.2) is 0 Å². The van der Waals surface area contributed by atoms with Crippen molar-refractivity contribution in [3.05, 3.63) is 0 Å².